The molecule has 0 radical (unpaired) electrons. The van der Waals surface area contributed by atoms with Crippen LogP contribution in [0, 0.1) is 5.92 Å². The Hall–Kier alpha value is -2.40. The summed E-state index contributed by atoms with van der Waals surface area (Å²) in [5.74, 6) is 1.47. The number of piperidine rings is 1. The molecule has 1 aliphatic heterocycles. The summed E-state index contributed by atoms with van der Waals surface area (Å²) in [7, 11) is 1.63. The van der Waals surface area contributed by atoms with Crippen molar-refractivity contribution in [3.05, 3.63) is 54.4 Å². The summed E-state index contributed by atoms with van der Waals surface area (Å²) in [6.45, 7) is 3.16. The highest BCUT2D eigenvalue weighted by Gasteiger charge is 2.20. The van der Waals surface area contributed by atoms with Crippen LogP contribution in [0.4, 0.5) is 5.69 Å². The molecular formula is C21H27N3O2. The molecule has 2 aromatic rings. The predicted octanol–water partition coefficient (Wildman–Crippen LogP) is 3.72. The number of anilines is 1. The van der Waals surface area contributed by atoms with E-state index in [1.807, 2.05) is 42.7 Å². The molecule has 1 aliphatic rings. The van der Waals surface area contributed by atoms with Gasteiger partial charge in [0.2, 0.25) is 5.91 Å². The van der Waals surface area contributed by atoms with Gasteiger partial charge in [-0.15, -0.1) is 0 Å². The average molecular weight is 353 g/mol. The fraction of sp³-hybridized carbons (Fsp3) is 0.429. The highest BCUT2D eigenvalue weighted by molar-refractivity contribution is 5.90. The maximum Gasteiger partial charge on any atom is 0.224 e. The Morgan fingerprint density at radius 1 is 1.27 bits per heavy atom. The van der Waals surface area contributed by atoms with Crippen LogP contribution in [0.25, 0.3) is 0 Å². The average Bonchev–Trinajstić information content (AvgIpc) is 2.68. The van der Waals surface area contributed by atoms with Crippen LogP contribution in [0.2, 0.25) is 0 Å². The van der Waals surface area contributed by atoms with Crippen LogP contribution in [0.3, 0.4) is 0 Å². The maximum absolute atomic E-state index is 12.2. The molecule has 0 bridgehead atoms. The lowest BCUT2D eigenvalue weighted by Gasteiger charge is -2.31. The third kappa shape index (κ3) is 5.56. The molecule has 5 nitrogen and oxygen atoms in total. The van der Waals surface area contributed by atoms with E-state index in [-0.39, 0.29) is 5.91 Å². The van der Waals surface area contributed by atoms with Crippen LogP contribution >= 0.6 is 0 Å². The topological polar surface area (TPSA) is 54.5 Å². The Kier molecular flexibility index (Phi) is 6.61. The number of carbonyl (C=O) groups excluding carboxylic acids is 1. The molecule has 26 heavy (non-hydrogen) atoms. The van der Waals surface area contributed by atoms with Gasteiger partial charge in [0.05, 0.1) is 7.11 Å². The SMILES string of the molecule is COc1cccc(NC(=O)CCC2CCN(Cc3cccnc3)CC2)c1. The van der Waals surface area contributed by atoms with Gasteiger partial charge in [0, 0.05) is 37.1 Å². The third-order valence-corrected chi connectivity index (χ3v) is 4.97. The molecule has 5 heteroatoms. The van der Waals surface area contributed by atoms with Crippen molar-refractivity contribution in [2.75, 3.05) is 25.5 Å². The number of methoxy groups -OCH3 is 1. The Bertz CT molecular complexity index is 697. The lowest BCUT2D eigenvalue weighted by atomic mass is 9.92. The van der Waals surface area contributed by atoms with Crippen LogP contribution in [0.15, 0.2) is 48.8 Å². The van der Waals surface area contributed by atoms with Crippen molar-refractivity contribution < 1.29 is 9.53 Å². The number of likely N-dealkylation sites (tertiary alicyclic amines) is 1. The zero-order chi connectivity index (χ0) is 18.2. The van der Waals surface area contributed by atoms with Gasteiger partial charge in [-0.25, -0.2) is 0 Å². The van der Waals surface area contributed by atoms with Crippen molar-refractivity contribution in [3.8, 4) is 5.75 Å². The first-order chi connectivity index (χ1) is 12.7. The molecule has 0 spiro atoms. The smallest absolute Gasteiger partial charge is 0.224 e. The van der Waals surface area contributed by atoms with Gasteiger partial charge in [0.15, 0.2) is 0 Å². The minimum atomic E-state index is 0.0797. The summed E-state index contributed by atoms with van der Waals surface area (Å²) >= 11 is 0. The fourth-order valence-corrected chi connectivity index (χ4v) is 3.44. The van der Waals surface area contributed by atoms with E-state index in [1.165, 1.54) is 5.56 Å². The van der Waals surface area contributed by atoms with E-state index in [4.69, 9.17) is 4.74 Å². The van der Waals surface area contributed by atoms with Crippen molar-refractivity contribution in [1.29, 1.82) is 0 Å². The number of rotatable bonds is 7. The number of nitrogens with zero attached hydrogens (tertiary/aromatic N) is 2. The molecule has 0 aliphatic carbocycles. The van der Waals surface area contributed by atoms with Crippen LogP contribution < -0.4 is 10.1 Å². The monoisotopic (exact) mass is 353 g/mol. The molecule has 138 valence electrons. The van der Waals surface area contributed by atoms with Crippen LogP contribution in [-0.4, -0.2) is 36.0 Å². The summed E-state index contributed by atoms with van der Waals surface area (Å²) < 4.78 is 5.18. The van der Waals surface area contributed by atoms with Crippen LogP contribution in [0.1, 0.15) is 31.2 Å². The quantitative estimate of drug-likeness (QED) is 0.824. The first-order valence-corrected chi connectivity index (χ1v) is 9.28. The minimum Gasteiger partial charge on any atom is -0.497 e. The number of nitrogens with one attached hydrogen (secondary N) is 1. The first kappa shape index (κ1) is 18.4. The highest BCUT2D eigenvalue weighted by Crippen LogP contribution is 2.23. The van der Waals surface area contributed by atoms with E-state index in [9.17, 15) is 4.79 Å². The third-order valence-electron chi connectivity index (χ3n) is 4.97. The first-order valence-electron chi connectivity index (χ1n) is 9.28. The molecular weight excluding hydrogens is 326 g/mol. The van der Waals surface area contributed by atoms with E-state index in [0.29, 0.717) is 12.3 Å². The number of aromatic nitrogens is 1. The van der Waals surface area contributed by atoms with Gasteiger partial charge >= 0.3 is 0 Å². The van der Waals surface area contributed by atoms with Crippen LogP contribution in [-0.2, 0) is 11.3 Å². The standard InChI is InChI=1S/C21H27N3O2/c1-26-20-6-2-5-19(14-20)23-21(25)8-7-17-9-12-24(13-10-17)16-18-4-3-11-22-15-18/h2-6,11,14-15,17H,7-10,12-13,16H2,1H3,(H,23,25). The Morgan fingerprint density at radius 2 is 2.12 bits per heavy atom. The van der Waals surface area contributed by atoms with Gasteiger partial charge in [0.25, 0.3) is 0 Å². The number of ether oxygens (including phenoxy) is 1. The Labute approximate surface area is 155 Å². The van der Waals surface area contributed by atoms with Gasteiger partial charge in [0.1, 0.15) is 5.75 Å². The maximum atomic E-state index is 12.2. The second kappa shape index (κ2) is 9.34. The van der Waals surface area contributed by atoms with Crippen molar-refractivity contribution in [2.24, 2.45) is 5.92 Å². The lowest BCUT2D eigenvalue weighted by molar-refractivity contribution is -0.116. The summed E-state index contributed by atoms with van der Waals surface area (Å²) in [5, 5.41) is 2.96. The van der Waals surface area contributed by atoms with Crippen molar-refractivity contribution in [3.63, 3.8) is 0 Å². The molecule has 2 heterocycles. The molecule has 0 atom stereocenters. The van der Waals surface area contributed by atoms with E-state index < -0.39 is 0 Å². The molecule has 1 amide bonds. The van der Waals surface area contributed by atoms with Gasteiger partial charge in [-0.1, -0.05) is 12.1 Å². The van der Waals surface area contributed by atoms with E-state index in [2.05, 4.69) is 21.3 Å². The highest BCUT2D eigenvalue weighted by atomic mass is 16.5. The molecule has 1 N–H and O–H groups in total. The molecule has 3 rings (SSSR count). The van der Waals surface area contributed by atoms with E-state index >= 15 is 0 Å². The zero-order valence-corrected chi connectivity index (χ0v) is 15.4. The summed E-state index contributed by atoms with van der Waals surface area (Å²) in [6.07, 6.45) is 7.60. The number of benzene rings is 1. The molecule has 0 saturated carbocycles. The van der Waals surface area contributed by atoms with Crippen molar-refractivity contribution in [1.82, 2.24) is 9.88 Å². The summed E-state index contributed by atoms with van der Waals surface area (Å²) in [5.41, 5.74) is 2.06. The Balaban J connectivity index is 1.37. The molecule has 1 aromatic heterocycles. The van der Waals surface area contributed by atoms with Gasteiger partial charge in [-0.05, 0) is 62.0 Å². The van der Waals surface area contributed by atoms with Gasteiger partial charge in [-0.2, -0.15) is 0 Å². The normalized spacial score (nSPS) is 15.6. The Morgan fingerprint density at radius 3 is 2.85 bits per heavy atom. The lowest BCUT2D eigenvalue weighted by Crippen LogP contribution is -2.33. The predicted molar refractivity (Wildman–Crippen MR) is 103 cm³/mol. The molecule has 1 fully saturated rings. The van der Waals surface area contributed by atoms with Crippen molar-refractivity contribution >= 4 is 11.6 Å². The second-order valence-electron chi connectivity index (χ2n) is 6.90. The summed E-state index contributed by atoms with van der Waals surface area (Å²) in [6, 6.07) is 11.6. The van der Waals surface area contributed by atoms with E-state index in [1.54, 1.807) is 7.11 Å². The second-order valence-corrected chi connectivity index (χ2v) is 6.90. The molecule has 1 aromatic carbocycles. The zero-order valence-electron chi connectivity index (χ0n) is 15.4. The number of hydrogen-bond donors (Lipinski definition) is 1. The molecule has 0 unspecified atom stereocenters. The number of pyridine rings is 1. The summed E-state index contributed by atoms with van der Waals surface area (Å²) in [4.78, 5) is 18.8. The van der Waals surface area contributed by atoms with Gasteiger partial charge < -0.3 is 10.1 Å². The number of carbonyl (C=O) groups is 1. The number of hydrogen-bond acceptors (Lipinski definition) is 4. The van der Waals surface area contributed by atoms with Gasteiger partial charge in [-0.3, -0.25) is 14.7 Å². The fourth-order valence-electron chi connectivity index (χ4n) is 3.44. The van der Waals surface area contributed by atoms with Crippen LogP contribution in [0.5, 0.6) is 5.75 Å². The van der Waals surface area contributed by atoms with Crippen molar-refractivity contribution in [2.45, 2.75) is 32.2 Å². The minimum absolute atomic E-state index is 0.0797. The van der Waals surface area contributed by atoms with E-state index in [0.717, 1.165) is 50.3 Å². The molecule has 1 saturated heterocycles. The number of amides is 1. The largest absolute Gasteiger partial charge is 0.497 e.